The Labute approximate surface area is 295 Å². The number of piperazine rings is 1. The lowest BCUT2D eigenvalue weighted by molar-refractivity contribution is -0.177. The molecular weight excluding hydrogens is 687 g/mol. The number of phenolic OH excluding ortho intramolecular Hbond substituents is 1. The third kappa shape index (κ3) is 6.11. The number of anilines is 1. The first kappa shape index (κ1) is 34.3. The van der Waals surface area contributed by atoms with Crippen molar-refractivity contribution in [2.24, 2.45) is 11.3 Å². The van der Waals surface area contributed by atoms with Gasteiger partial charge in [0.05, 0.1) is 19.3 Å². The van der Waals surface area contributed by atoms with Gasteiger partial charge >= 0.3 is 12.2 Å². The number of alkyl halides is 3. The van der Waals surface area contributed by atoms with Crippen LogP contribution in [0.4, 0.5) is 27.8 Å². The molecule has 272 valence electrons. The number of ether oxygens (including phenoxy) is 2. The Morgan fingerprint density at radius 2 is 1.83 bits per heavy atom. The molecule has 2 aromatic heterocycles. The molecule has 52 heavy (non-hydrogen) atoms. The zero-order chi connectivity index (χ0) is 36.5. The first-order valence-corrected chi connectivity index (χ1v) is 17.2. The number of halogens is 5. The number of carbonyl (C=O) groups is 1. The molecule has 1 saturated carbocycles. The molecular formula is C37H35F5N6O4. The number of nitrogens with one attached hydrogen (secondary N) is 1. The normalized spacial score (nSPS) is 22.6. The fourth-order valence-electron chi connectivity index (χ4n) is 7.96. The first-order valence-electron chi connectivity index (χ1n) is 17.2. The minimum absolute atomic E-state index is 0.00587. The fourth-order valence-corrected chi connectivity index (χ4v) is 7.96. The van der Waals surface area contributed by atoms with E-state index in [2.05, 4.69) is 26.1 Å². The molecule has 2 bridgehead atoms. The predicted octanol–water partition coefficient (Wildman–Crippen LogP) is 5.37. The lowest BCUT2D eigenvalue weighted by atomic mass is 9.82. The highest BCUT2D eigenvalue weighted by molar-refractivity contribution is 6.04. The maximum atomic E-state index is 17.1. The van der Waals surface area contributed by atoms with Crippen LogP contribution >= 0.6 is 0 Å². The Morgan fingerprint density at radius 3 is 2.44 bits per heavy atom. The number of Topliss-reactive ketones (excluding diaryl/α,β-unsaturated/α-hetero) is 1. The standard InChI is InChI=1S/C37H35F5N6O4/c1-3-24-26(38)6-5-19-13-23(49)14-25(27(19)24)30-29(39)31-28(34(44-30)51-2)33(46-35(45-31)52-18-36(7-8-36)17-47-9-4-10-47)48-15-21-11-20(12-22(16-48)43-21)32(50)37(40,41)42/h1,5-6,13-14,20-22,43,49H,4,7-12,15-18H2,2H3. The Hall–Kier alpha value is -4.81. The van der Waals surface area contributed by atoms with E-state index >= 15 is 4.39 Å². The van der Waals surface area contributed by atoms with Gasteiger partial charge < -0.3 is 29.7 Å². The van der Waals surface area contributed by atoms with E-state index in [4.69, 9.17) is 20.9 Å². The number of hydrogen-bond donors (Lipinski definition) is 2. The Balaban J connectivity index is 1.25. The minimum Gasteiger partial charge on any atom is -0.508 e. The zero-order valence-electron chi connectivity index (χ0n) is 28.2. The molecule has 2 aromatic carbocycles. The van der Waals surface area contributed by atoms with Gasteiger partial charge in [0.25, 0.3) is 0 Å². The van der Waals surface area contributed by atoms with E-state index < -0.39 is 41.6 Å². The second-order valence-corrected chi connectivity index (χ2v) is 14.4. The molecule has 0 amide bonds. The van der Waals surface area contributed by atoms with E-state index in [1.165, 1.54) is 25.3 Å². The van der Waals surface area contributed by atoms with Gasteiger partial charge in [0.15, 0.2) is 5.82 Å². The van der Waals surface area contributed by atoms with Crippen LogP contribution < -0.4 is 19.7 Å². The molecule has 1 aliphatic carbocycles. The van der Waals surface area contributed by atoms with Crippen LogP contribution in [0.2, 0.25) is 0 Å². The number of aromatic hydroxyl groups is 1. The van der Waals surface area contributed by atoms with Gasteiger partial charge in [-0.2, -0.15) is 23.1 Å². The van der Waals surface area contributed by atoms with Gasteiger partial charge in [-0.25, -0.2) is 13.8 Å². The number of ketones is 1. The second-order valence-electron chi connectivity index (χ2n) is 14.4. The van der Waals surface area contributed by atoms with Crippen molar-refractivity contribution in [3.8, 4) is 41.2 Å². The van der Waals surface area contributed by atoms with Crippen molar-refractivity contribution in [3.05, 3.63) is 41.5 Å². The summed E-state index contributed by atoms with van der Waals surface area (Å²) >= 11 is 0. The smallest absolute Gasteiger partial charge is 0.450 e. The van der Waals surface area contributed by atoms with Crippen molar-refractivity contribution in [1.29, 1.82) is 0 Å². The molecule has 3 aliphatic heterocycles. The van der Waals surface area contributed by atoms with E-state index in [1.54, 1.807) is 0 Å². The maximum absolute atomic E-state index is 17.1. The van der Waals surface area contributed by atoms with Crippen molar-refractivity contribution >= 4 is 33.3 Å². The predicted molar refractivity (Wildman–Crippen MR) is 181 cm³/mol. The summed E-state index contributed by atoms with van der Waals surface area (Å²) in [5.41, 5.74) is -0.762. The van der Waals surface area contributed by atoms with Crippen molar-refractivity contribution < 1.29 is 41.3 Å². The van der Waals surface area contributed by atoms with Gasteiger partial charge in [0, 0.05) is 54.0 Å². The number of benzene rings is 2. The average molecular weight is 723 g/mol. The van der Waals surface area contributed by atoms with E-state index in [0.717, 1.165) is 45.0 Å². The molecule has 5 heterocycles. The topological polar surface area (TPSA) is 113 Å². The summed E-state index contributed by atoms with van der Waals surface area (Å²) < 4.78 is 84.1. The van der Waals surface area contributed by atoms with E-state index in [-0.39, 0.29) is 87.9 Å². The van der Waals surface area contributed by atoms with Crippen LogP contribution in [-0.2, 0) is 4.79 Å². The summed E-state index contributed by atoms with van der Waals surface area (Å²) in [6.07, 6.45) is 3.75. The number of piperidine rings is 1. The van der Waals surface area contributed by atoms with Gasteiger partial charge in [0.1, 0.15) is 34.0 Å². The van der Waals surface area contributed by atoms with E-state index in [0.29, 0.717) is 12.0 Å². The molecule has 4 aliphatic rings. The van der Waals surface area contributed by atoms with Crippen LogP contribution in [0.3, 0.4) is 0 Å². The number of carbonyl (C=O) groups excluding carboxylic acids is 1. The first-order chi connectivity index (χ1) is 24.9. The number of likely N-dealkylation sites (tertiary alicyclic amines) is 1. The molecule has 2 N–H and O–H groups in total. The summed E-state index contributed by atoms with van der Waals surface area (Å²) in [6, 6.07) is 4.09. The molecule has 2 atom stereocenters. The number of fused-ring (bicyclic) bond motifs is 4. The molecule has 8 rings (SSSR count). The monoisotopic (exact) mass is 722 g/mol. The number of nitrogens with zero attached hydrogens (tertiary/aromatic N) is 5. The van der Waals surface area contributed by atoms with Crippen LogP contribution in [-0.4, -0.2) is 95.4 Å². The Morgan fingerprint density at radius 1 is 1.10 bits per heavy atom. The molecule has 4 fully saturated rings. The zero-order valence-corrected chi connectivity index (χ0v) is 28.2. The lowest BCUT2D eigenvalue weighted by Gasteiger charge is -2.45. The number of aromatic nitrogens is 3. The van der Waals surface area contributed by atoms with Gasteiger partial charge in [0.2, 0.25) is 11.7 Å². The molecule has 10 nitrogen and oxygen atoms in total. The minimum atomic E-state index is -4.93. The van der Waals surface area contributed by atoms with Crippen molar-refractivity contribution in [1.82, 2.24) is 25.2 Å². The van der Waals surface area contributed by atoms with Crippen molar-refractivity contribution in [3.63, 3.8) is 0 Å². The van der Waals surface area contributed by atoms with Gasteiger partial charge in [-0.1, -0.05) is 12.0 Å². The molecule has 0 spiro atoms. The molecule has 2 unspecified atom stereocenters. The summed E-state index contributed by atoms with van der Waals surface area (Å²) in [5, 5.41) is 14.5. The van der Waals surface area contributed by atoms with Crippen LogP contribution in [0.1, 0.15) is 37.7 Å². The number of terminal acetylenes is 1. The summed E-state index contributed by atoms with van der Waals surface area (Å²) in [5.74, 6) is -2.36. The van der Waals surface area contributed by atoms with Crippen LogP contribution in [0.15, 0.2) is 24.3 Å². The lowest BCUT2D eigenvalue weighted by Crippen LogP contribution is -2.62. The van der Waals surface area contributed by atoms with Crippen LogP contribution in [0, 0.1) is 35.3 Å². The molecule has 3 saturated heterocycles. The van der Waals surface area contributed by atoms with E-state index in [1.807, 2.05) is 4.90 Å². The highest BCUT2D eigenvalue weighted by atomic mass is 19.4. The van der Waals surface area contributed by atoms with E-state index in [9.17, 15) is 27.5 Å². The molecule has 4 aromatic rings. The molecule has 15 heteroatoms. The third-order valence-electron chi connectivity index (χ3n) is 10.8. The number of hydrogen-bond acceptors (Lipinski definition) is 10. The maximum Gasteiger partial charge on any atom is 0.450 e. The van der Waals surface area contributed by atoms with Gasteiger partial charge in [-0.3, -0.25) is 4.79 Å². The number of methoxy groups -OCH3 is 1. The highest BCUT2D eigenvalue weighted by Gasteiger charge is 2.48. The number of rotatable bonds is 9. The number of pyridine rings is 1. The highest BCUT2D eigenvalue weighted by Crippen LogP contribution is 2.48. The summed E-state index contributed by atoms with van der Waals surface area (Å²) in [6.45, 7) is 3.50. The van der Waals surface area contributed by atoms with Gasteiger partial charge in [-0.15, -0.1) is 6.42 Å². The summed E-state index contributed by atoms with van der Waals surface area (Å²) in [7, 11) is 1.33. The van der Waals surface area contributed by atoms with Crippen molar-refractivity contribution in [2.75, 3.05) is 51.3 Å². The van der Waals surface area contributed by atoms with Crippen LogP contribution in [0.5, 0.6) is 17.6 Å². The second kappa shape index (κ2) is 12.7. The van der Waals surface area contributed by atoms with Gasteiger partial charge in [-0.05, 0) is 68.8 Å². The number of phenols is 1. The Kier molecular flexibility index (Phi) is 8.37. The SMILES string of the molecule is C#Cc1c(F)ccc2cc(O)cc(-c3nc(OC)c4c(N5CC6CC(C(=O)C(F)(F)F)CC(C5)N6)nc(OCC5(CN6CCC6)CC5)nc4c3F)c12. The third-order valence-corrected chi connectivity index (χ3v) is 10.8. The van der Waals surface area contributed by atoms with Crippen molar-refractivity contribution in [2.45, 2.75) is 50.4 Å². The fraction of sp³-hybridized carbons (Fsp3) is 0.459. The molecule has 0 radical (unpaired) electrons. The largest absolute Gasteiger partial charge is 0.508 e. The summed E-state index contributed by atoms with van der Waals surface area (Å²) in [4.78, 5) is 30.1. The Bertz CT molecular complexity index is 2130. The quantitative estimate of drug-likeness (QED) is 0.173. The van der Waals surface area contributed by atoms with Crippen LogP contribution in [0.25, 0.3) is 32.9 Å². The average Bonchev–Trinajstić information content (AvgIpc) is 3.87.